The Morgan fingerprint density at radius 2 is 1.73 bits per heavy atom. The number of methoxy groups -OCH3 is 2. The minimum atomic E-state index is -0.202. The molecular formula is C25H23N5O2S. The van der Waals surface area contributed by atoms with E-state index in [0.29, 0.717) is 16.6 Å². The first-order valence-corrected chi connectivity index (χ1v) is 10.9. The van der Waals surface area contributed by atoms with E-state index in [9.17, 15) is 0 Å². The van der Waals surface area contributed by atoms with Gasteiger partial charge >= 0.3 is 0 Å². The number of aromatic nitrogens is 3. The maximum absolute atomic E-state index is 5.85. The number of nitrogens with one attached hydrogen (secondary N) is 1. The molecule has 5 rings (SSSR count). The van der Waals surface area contributed by atoms with Gasteiger partial charge in [0, 0.05) is 30.4 Å². The molecule has 33 heavy (non-hydrogen) atoms. The summed E-state index contributed by atoms with van der Waals surface area (Å²) in [6, 6.07) is 21.2. The Bertz CT molecular complexity index is 1260. The van der Waals surface area contributed by atoms with Crippen LogP contribution in [-0.4, -0.2) is 33.9 Å². The zero-order chi connectivity index (χ0) is 22.8. The molecule has 1 saturated heterocycles. The third kappa shape index (κ3) is 3.78. The lowest BCUT2D eigenvalue weighted by atomic mass is 10.0. The van der Waals surface area contributed by atoms with E-state index in [1.54, 1.807) is 26.6 Å². The molecule has 166 valence electrons. The monoisotopic (exact) mass is 457 g/mol. The van der Waals surface area contributed by atoms with Gasteiger partial charge in [-0.3, -0.25) is 4.98 Å². The first-order valence-electron chi connectivity index (χ1n) is 10.5. The molecule has 1 N–H and O–H groups in total. The van der Waals surface area contributed by atoms with Crippen molar-refractivity contribution in [1.82, 2.24) is 19.9 Å². The third-order valence-corrected chi connectivity index (χ3v) is 6.04. The number of pyridine rings is 2. The predicted molar refractivity (Wildman–Crippen MR) is 131 cm³/mol. The first kappa shape index (κ1) is 21.0. The van der Waals surface area contributed by atoms with Crippen LogP contribution in [0.1, 0.15) is 23.5 Å². The summed E-state index contributed by atoms with van der Waals surface area (Å²) in [5.74, 6) is 2.21. The standard InChI is InChI=1S/C25H23N5O2S/c1-31-17-11-12-19(21(16-17)32-2)30-24(23(28-25(30)33)18-8-3-5-13-26-18)20-9-7-15-29(20)22-10-4-6-14-27-22/h3-16,23-24H,1-2H3,(H,28,33)/t23-,24-/m0/s1. The fourth-order valence-corrected chi connectivity index (χ4v) is 4.58. The van der Waals surface area contributed by atoms with Gasteiger partial charge in [-0.2, -0.15) is 0 Å². The molecule has 0 spiro atoms. The van der Waals surface area contributed by atoms with Gasteiger partial charge < -0.3 is 24.3 Å². The summed E-state index contributed by atoms with van der Waals surface area (Å²) >= 11 is 5.85. The Morgan fingerprint density at radius 1 is 0.909 bits per heavy atom. The van der Waals surface area contributed by atoms with E-state index in [4.69, 9.17) is 21.7 Å². The summed E-state index contributed by atoms with van der Waals surface area (Å²) in [6.45, 7) is 0. The van der Waals surface area contributed by atoms with E-state index < -0.39 is 0 Å². The molecule has 0 bridgehead atoms. The molecule has 0 saturated carbocycles. The lowest BCUT2D eigenvalue weighted by Gasteiger charge is -2.29. The average Bonchev–Trinajstić information content (AvgIpc) is 3.49. The zero-order valence-corrected chi connectivity index (χ0v) is 19.1. The van der Waals surface area contributed by atoms with Gasteiger partial charge in [-0.1, -0.05) is 12.1 Å². The van der Waals surface area contributed by atoms with Gasteiger partial charge in [-0.05, 0) is 60.7 Å². The van der Waals surface area contributed by atoms with Crippen LogP contribution >= 0.6 is 12.2 Å². The molecule has 4 heterocycles. The van der Waals surface area contributed by atoms with Crippen molar-refractivity contribution in [1.29, 1.82) is 0 Å². The molecule has 3 aromatic heterocycles. The van der Waals surface area contributed by atoms with Crippen LogP contribution in [0.5, 0.6) is 11.5 Å². The molecule has 0 aliphatic carbocycles. The van der Waals surface area contributed by atoms with E-state index in [2.05, 4.69) is 30.8 Å². The van der Waals surface area contributed by atoms with Crippen molar-refractivity contribution >= 4 is 23.0 Å². The van der Waals surface area contributed by atoms with Gasteiger partial charge in [-0.25, -0.2) is 4.98 Å². The molecule has 1 aliphatic heterocycles. The highest BCUT2D eigenvalue weighted by molar-refractivity contribution is 7.80. The Balaban J connectivity index is 1.69. The zero-order valence-electron chi connectivity index (χ0n) is 18.3. The molecule has 1 fully saturated rings. The molecule has 0 unspecified atom stereocenters. The van der Waals surface area contributed by atoms with Gasteiger partial charge in [0.2, 0.25) is 0 Å². The van der Waals surface area contributed by atoms with Gasteiger partial charge in [0.15, 0.2) is 5.11 Å². The first-order chi connectivity index (χ1) is 16.2. The van der Waals surface area contributed by atoms with Gasteiger partial charge in [0.05, 0.1) is 31.6 Å². The number of hydrogen-bond donors (Lipinski definition) is 1. The maximum atomic E-state index is 5.85. The van der Waals surface area contributed by atoms with Crippen LogP contribution in [0.3, 0.4) is 0 Å². The molecule has 1 aromatic carbocycles. The van der Waals surface area contributed by atoms with Gasteiger partial charge in [0.25, 0.3) is 0 Å². The van der Waals surface area contributed by atoms with E-state index >= 15 is 0 Å². The third-order valence-electron chi connectivity index (χ3n) is 5.72. The minimum absolute atomic E-state index is 0.178. The number of anilines is 1. The normalized spacial score (nSPS) is 17.6. The summed E-state index contributed by atoms with van der Waals surface area (Å²) in [5, 5.41) is 4.08. The molecule has 0 radical (unpaired) electrons. The Kier molecular flexibility index (Phi) is 5.66. The fraction of sp³-hybridized carbons (Fsp3) is 0.160. The van der Waals surface area contributed by atoms with Crippen molar-refractivity contribution in [2.75, 3.05) is 19.1 Å². The Labute approximate surface area is 197 Å². The lowest BCUT2D eigenvalue weighted by molar-refractivity contribution is 0.394. The molecule has 1 aliphatic rings. The summed E-state index contributed by atoms with van der Waals surface area (Å²) < 4.78 is 13.2. The van der Waals surface area contributed by atoms with Crippen molar-refractivity contribution in [3.8, 4) is 17.3 Å². The number of hydrogen-bond acceptors (Lipinski definition) is 5. The van der Waals surface area contributed by atoms with Crippen molar-refractivity contribution in [3.05, 3.63) is 96.7 Å². The van der Waals surface area contributed by atoms with Crippen molar-refractivity contribution in [2.24, 2.45) is 0 Å². The van der Waals surface area contributed by atoms with Crippen molar-refractivity contribution in [3.63, 3.8) is 0 Å². The van der Waals surface area contributed by atoms with Crippen molar-refractivity contribution in [2.45, 2.75) is 12.1 Å². The largest absolute Gasteiger partial charge is 0.497 e. The molecule has 8 heteroatoms. The second-order valence-corrected chi connectivity index (χ2v) is 7.91. The second-order valence-electron chi connectivity index (χ2n) is 7.53. The van der Waals surface area contributed by atoms with Crippen LogP contribution in [0.25, 0.3) is 5.82 Å². The smallest absolute Gasteiger partial charge is 0.174 e. The summed E-state index contributed by atoms with van der Waals surface area (Å²) in [6.07, 6.45) is 5.60. The minimum Gasteiger partial charge on any atom is -0.497 e. The molecular weight excluding hydrogens is 434 g/mol. The number of thiocarbonyl (C=S) groups is 1. The predicted octanol–water partition coefficient (Wildman–Crippen LogP) is 4.46. The number of ether oxygens (including phenoxy) is 2. The summed E-state index contributed by atoms with van der Waals surface area (Å²) in [5.41, 5.74) is 2.76. The van der Waals surface area contributed by atoms with E-state index in [-0.39, 0.29) is 12.1 Å². The van der Waals surface area contributed by atoms with E-state index in [0.717, 1.165) is 22.9 Å². The molecule has 2 atom stereocenters. The highest BCUT2D eigenvalue weighted by Crippen LogP contribution is 2.45. The van der Waals surface area contributed by atoms with Crippen LogP contribution in [0.4, 0.5) is 5.69 Å². The lowest BCUT2D eigenvalue weighted by Crippen LogP contribution is -2.30. The highest BCUT2D eigenvalue weighted by Gasteiger charge is 2.43. The highest BCUT2D eigenvalue weighted by atomic mass is 32.1. The van der Waals surface area contributed by atoms with Gasteiger partial charge in [0.1, 0.15) is 23.4 Å². The maximum Gasteiger partial charge on any atom is 0.174 e. The Hall–Kier alpha value is -3.91. The van der Waals surface area contributed by atoms with Crippen LogP contribution in [-0.2, 0) is 0 Å². The van der Waals surface area contributed by atoms with Gasteiger partial charge in [-0.15, -0.1) is 0 Å². The van der Waals surface area contributed by atoms with Crippen LogP contribution in [0.15, 0.2) is 85.3 Å². The van der Waals surface area contributed by atoms with E-state index in [1.165, 1.54) is 0 Å². The molecule has 7 nitrogen and oxygen atoms in total. The quantitative estimate of drug-likeness (QED) is 0.429. The molecule has 4 aromatic rings. The van der Waals surface area contributed by atoms with Crippen molar-refractivity contribution < 1.29 is 9.47 Å². The van der Waals surface area contributed by atoms with Crippen LogP contribution in [0.2, 0.25) is 0 Å². The Morgan fingerprint density at radius 3 is 2.42 bits per heavy atom. The second kappa shape index (κ2) is 8.91. The number of rotatable bonds is 6. The SMILES string of the molecule is COc1ccc(N2C(=S)N[C@@H](c3ccccn3)[C@@H]2c2cccn2-c2ccccn2)c(OC)c1. The number of benzene rings is 1. The fourth-order valence-electron chi connectivity index (χ4n) is 4.24. The summed E-state index contributed by atoms with van der Waals surface area (Å²) in [7, 11) is 3.28. The number of nitrogens with zero attached hydrogens (tertiary/aromatic N) is 4. The summed E-state index contributed by atoms with van der Waals surface area (Å²) in [4.78, 5) is 11.3. The van der Waals surface area contributed by atoms with E-state index in [1.807, 2.05) is 66.9 Å². The average molecular weight is 458 g/mol. The van der Waals surface area contributed by atoms with Crippen LogP contribution in [0, 0.1) is 0 Å². The topological polar surface area (TPSA) is 64.4 Å². The van der Waals surface area contributed by atoms with Crippen LogP contribution < -0.4 is 19.7 Å². The molecule has 0 amide bonds.